The third kappa shape index (κ3) is 8.67. The topological polar surface area (TPSA) is 104 Å². The molecule has 21 heavy (non-hydrogen) atoms. The van der Waals surface area contributed by atoms with Gasteiger partial charge in [0.2, 0.25) is 0 Å². The number of hydrogen-bond acceptors (Lipinski definition) is 4. The van der Waals surface area contributed by atoms with Crippen LogP contribution in [0.3, 0.4) is 0 Å². The minimum Gasteiger partial charge on any atom is -0.481 e. The first kappa shape index (κ1) is 19.9. The van der Waals surface area contributed by atoms with Crippen molar-refractivity contribution in [3.8, 4) is 0 Å². The van der Waals surface area contributed by atoms with Crippen molar-refractivity contribution in [2.24, 2.45) is 11.7 Å². The Morgan fingerprint density at radius 1 is 1.05 bits per heavy atom. The van der Waals surface area contributed by atoms with Crippen molar-refractivity contribution in [1.29, 1.82) is 0 Å². The number of carboxylic acids is 2. The number of nitrogens with two attached hydrogens (primary N) is 1. The van der Waals surface area contributed by atoms with E-state index in [-0.39, 0.29) is 12.6 Å². The van der Waals surface area contributed by atoms with Crippen LogP contribution in [0.1, 0.15) is 52.4 Å². The van der Waals surface area contributed by atoms with E-state index in [1.807, 2.05) is 11.8 Å². The Kier molecular flexibility index (Phi) is 10.9. The zero-order valence-electron chi connectivity index (χ0n) is 13.3. The third-order valence-corrected chi connectivity index (χ3v) is 3.78. The lowest BCUT2D eigenvalue weighted by Crippen LogP contribution is -2.45. The fourth-order valence-corrected chi connectivity index (χ4v) is 2.23. The molecule has 6 nitrogen and oxygen atoms in total. The normalized spacial score (nSPS) is 12.8. The molecule has 1 unspecified atom stereocenters. The summed E-state index contributed by atoms with van der Waals surface area (Å²) in [7, 11) is 0. The first-order valence-electron chi connectivity index (χ1n) is 7.83. The predicted molar refractivity (Wildman–Crippen MR) is 82.2 cm³/mol. The highest BCUT2D eigenvalue weighted by Crippen LogP contribution is 2.10. The lowest BCUT2D eigenvalue weighted by molar-refractivity contribution is -0.155. The third-order valence-electron chi connectivity index (χ3n) is 3.78. The molecule has 4 N–H and O–H groups in total. The van der Waals surface area contributed by atoms with Gasteiger partial charge in [0, 0.05) is 19.1 Å². The predicted octanol–water partition coefficient (Wildman–Crippen LogP) is 1.78. The Hall–Kier alpha value is -1.14. The van der Waals surface area contributed by atoms with Gasteiger partial charge in [-0.15, -0.1) is 0 Å². The van der Waals surface area contributed by atoms with Crippen LogP contribution in [0.2, 0.25) is 0 Å². The second kappa shape index (κ2) is 11.5. The number of unbranched alkanes of at least 4 members (excludes halogenated alkanes) is 5. The van der Waals surface area contributed by atoms with Crippen LogP contribution in [0.4, 0.5) is 0 Å². The van der Waals surface area contributed by atoms with Crippen LogP contribution in [-0.4, -0.2) is 52.7 Å². The molecular formula is C15H30N2O4. The first-order valence-corrected chi connectivity index (χ1v) is 7.83. The van der Waals surface area contributed by atoms with Crippen LogP contribution in [-0.2, 0) is 9.59 Å². The van der Waals surface area contributed by atoms with Crippen molar-refractivity contribution < 1.29 is 19.8 Å². The standard InChI is InChI=1S/C15H30N2O4/c1-3-4-5-6-7-8-9-17(12(2)10-16)11-13(14(18)19)15(20)21/h12-13H,3-11,16H2,1-2H3,(H,18,19)(H,20,21). The van der Waals surface area contributed by atoms with Gasteiger partial charge in [0.15, 0.2) is 5.92 Å². The molecule has 0 aliphatic carbocycles. The fraction of sp³-hybridized carbons (Fsp3) is 0.867. The Bertz CT molecular complexity index is 296. The average molecular weight is 302 g/mol. The Morgan fingerprint density at radius 2 is 1.57 bits per heavy atom. The van der Waals surface area contributed by atoms with Gasteiger partial charge >= 0.3 is 11.9 Å². The molecule has 0 radical (unpaired) electrons. The summed E-state index contributed by atoms with van der Waals surface area (Å²) in [6.07, 6.45) is 6.85. The van der Waals surface area contributed by atoms with E-state index in [0.717, 1.165) is 12.8 Å². The minimum absolute atomic E-state index is 0.0119. The summed E-state index contributed by atoms with van der Waals surface area (Å²) in [5.74, 6) is -3.97. The second-order valence-corrected chi connectivity index (χ2v) is 5.58. The van der Waals surface area contributed by atoms with E-state index in [2.05, 4.69) is 6.92 Å². The van der Waals surface area contributed by atoms with Crippen LogP contribution in [0, 0.1) is 5.92 Å². The summed E-state index contributed by atoms with van der Waals surface area (Å²) in [5, 5.41) is 18.0. The molecule has 0 amide bonds. The van der Waals surface area contributed by atoms with Gasteiger partial charge in [-0.1, -0.05) is 39.0 Å². The highest BCUT2D eigenvalue weighted by molar-refractivity contribution is 5.93. The van der Waals surface area contributed by atoms with Crippen LogP contribution in [0.5, 0.6) is 0 Å². The summed E-state index contributed by atoms with van der Waals surface area (Å²) >= 11 is 0. The molecule has 0 spiro atoms. The molecule has 0 heterocycles. The van der Waals surface area contributed by atoms with E-state index in [9.17, 15) is 9.59 Å². The molecule has 0 aromatic carbocycles. The summed E-state index contributed by atoms with van der Waals surface area (Å²) in [5.41, 5.74) is 5.63. The molecular weight excluding hydrogens is 272 g/mol. The van der Waals surface area contributed by atoms with Gasteiger partial charge in [-0.25, -0.2) is 0 Å². The largest absolute Gasteiger partial charge is 0.481 e. The van der Waals surface area contributed by atoms with Gasteiger partial charge in [-0.05, 0) is 19.9 Å². The number of nitrogens with zero attached hydrogens (tertiary/aromatic N) is 1. The van der Waals surface area contributed by atoms with E-state index in [1.165, 1.54) is 25.7 Å². The second-order valence-electron chi connectivity index (χ2n) is 5.58. The maximum atomic E-state index is 11.0. The molecule has 0 rings (SSSR count). The summed E-state index contributed by atoms with van der Waals surface area (Å²) in [4.78, 5) is 23.9. The van der Waals surface area contributed by atoms with E-state index in [4.69, 9.17) is 15.9 Å². The Labute approximate surface area is 127 Å². The summed E-state index contributed by atoms with van der Waals surface area (Å²) < 4.78 is 0. The van der Waals surface area contributed by atoms with Gasteiger partial charge in [0.05, 0.1) is 0 Å². The first-order chi connectivity index (χ1) is 9.93. The summed E-state index contributed by atoms with van der Waals surface area (Å²) in [6, 6.07) is -0.0122. The Balaban J connectivity index is 4.32. The van der Waals surface area contributed by atoms with E-state index >= 15 is 0 Å². The molecule has 6 heteroatoms. The number of aliphatic carboxylic acids is 2. The van der Waals surface area contributed by atoms with E-state index in [1.54, 1.807) is 0 Å². The molecule has 0 aliphatic heterocycles. The lowest BCUT2D eigenvalue weighted by Gasteiger charge is -2.29. The smallest absolute Gasteiger partial charge is 0.319 e. The van der Waals surface area contributed by atoms with Crippen molar-refractivity contribution in [3.63, 3.8) is 0 Å². The van der Waals surface area contributed by atoms with Crippen LogP contribution >= 0.6 is 0 Å². The van der Waals surface area contributed by atoms with E-state index in [0.29, 0.717) is 13.1 Å². The molecule has 0 aromatic rings. The Morgan fingerprint density at radius 3 is 2.05 bits per heavy atom. The van der Waals surface area contributed by atoms with Crippen LogP contribution < -0.4 is 5.73 Å². The monoisotopic (exact) mass is 302 g/mol. The van der Waals surface area contributed by atoms with Gasteiger partial charge in [-0.3, -0.25) is 14.5 Å². The number of carboxylic acid groups (broad SMARTS) is 2. The maximum Gasteiger partial charge on any atom is 0.319 e. The van der Waals surface area contributed by atoms with Crippen molar-refractivity contribution >= 4 is 11.9 Å². The van der Waals surface area contributed by atoms with Crippen molar-refractivity contribution in [2.45, 2.75) is 58.4 Å². The van der Waals surface area contributed by atoms with Crippen LogP contribution in [0.15, 0.2) is 0 Å². The van der Waals surface area contributed by atoms with E-state index < -0.39 is 17.9 Å². The molecule has 0 fully saturated rings. The fourth-order valence-electron chi connectivity index (χ4n) is 2.23. The highest BCUT2D eigenvalue weighted by Gasteiger charge is 2.29. The molecule has 0 saturated heterocycles. The van der Waals surface area contributed by atoms with Gasteiger partial charge in [0.1, 0.15) is 0 Å². The van der Waals surface area contributed by atoms with Crippen molar-refractivity contribution in [1.82, 2.24) is 4.90 Å². The lowest BCUT2D eigenvalue weighted by atomic mass is 10.1. The minimum atomic E-state index is -1.39. The zero-order valence-corrected chi connectivity index (χ0v) is 13.3. The molecule has 0 saturated carbocycles. The van der Waals surface area contributed by atoms with Crippen molar-refractivity contribution in [3.05, 3.63) is 0 Å². The SMILES string of the molecule is CCCCCCCCN(CC(C(=O)O)C(=O)O)C(C)CN. The quantitative estimate of drug-likeness (QED) is 0.354. The van der Waals surface area contributed by atoms with Gasteiger partial charge in [0.25, 0.3) is 0 Å². The maximum absolute atomic E-state index is 11.0. The highest BCUT2D eigenvalue weighted by atomic mass is 16.4. The molecule has 0 bridgehead atoms. The molecule has 1 atom stereocenters. The van der Waals surface area contributed by atoms with Gasteiger partial charge < -0.3 is 15.9 Å². The molecule has 124 valence electrons. The number of rotatable bonds is 13. The van der Waals surface area contributed by atoms with Gasteiger partial charge in [-0.2, -0.15) is 0 Å². The molecule has 0 aliphatic rings. The number of hydrogen-bond donors (Lipinski definition) is 3. The molecule has 0 aromatic heterocycles. The summed E-state index contributed by atoms with van der Waals surface area (Å²) in [6.45, 7) is 5.17. The van der Waals surface area contributed by atoms with Crippen LogP contribution in [0.25, 0.3) is 0 Å². The zero-order chi connectivity index (χ0) is 16.3. The van der Waals surface area contributed by atoms with Crippen molar-refractivity contribution in [2.75, 3.05) is 19.6 Å². The average Bonchev–Trinajstić information content (AvgIpc) is 2.44. The number of carbonyl (C=O) groups is 2.